The maximum Gasteiger partial charge on any atom is 0.131 e. The number of aryl methyl sites for hydroxylation is 1. The molecular formula is C12H16INO. The lowest BCUT2D eigenvalue weighted by Gasteiger charge is -2.20. The molecule has 15 heavy (non-hydrogen) atoms. The van der Waals surface area contributed by atoms with Crippen molar-refractivity contribution >= 4 is 28.3 Å². The number of phenolic OH excluding ortho intramolecular Hbond substituents is 1. The van der Waals surface area contributed by atoms with Crippen LogP contribution in [0.4, 0.5) is 0 Å². The Morgan fingerprint density at radius 3 is 2.27 bits per heavy atom. The Morgan fingerprint density at radius 1 is 1.33 bits per heavy atom. The standard InChI is InChI=1S/C12H16INO/c1-7-5-8(6-9(13)10(7)15)11(14)12(2,3)4/h5-6,14-15H,1-4H3. The van der Waals surface area contributed by atoms with E-state index in [4.69, 9.17) is 5.41 Å². The number of benzene rings is 1. The number of rotatable bonds is 1. The highest BCUT2D eigenvalue weighted by Gasteiger charge is 2.20. The van der Waals surface area contributed by atoms with Crippen LogP contribution in [0, 0.1) is 21.3 Å². The first-order valence-corrected chi connectivity index (χ1v) is 5.90. The van der Waals surface area contributed by atoms with Gasteiger partial charge in [-0.1, -0.05) is 20.8 Å². The summed E-state index contributed by atoms with van der Waals surface area (Å²) in [6.07, 6.45) is 0. The van der Waals surface area contributed by atoms with Gasteiger partial charge in [-0.3, -0.25) is 0 Å². The first kappa shape index (κ1) is 12.5. The van der Waals surface area contributed by atoms with Crippen LogP contribution in [-0.4, -0.2) is 10.8 Å². The summed E-state index contributed by atoms with van der Waals surface area (Å²) in [6.45, 7) is 7.91. The number of hydrogen-bond acceptors (Lipinski definition) is 2. The van der Waals surface area contributed by atoms with Crippen LogP contribution in [0.3, 0.4) is 0 Å². The van der Waals surface area contributed by atoms with Gasteiger partial charge in [0.15, 0.2) is 0 Å². The molecule has 0 aliphatic heterocycles. The van der Waals surface area contributed by atoms with E-state index in [1.54, 1.807) is 0 Å². The van der Waals surface area contributed by atoms with Crippen LogP contribution < -0.4 is 0 Å². The molecule has 0 saturated carbocycles. The molecule has 1 rings (SSSR count). The summed E-state index contributed by atoms with van der Waals surface area (Å²) in [5.41, 5.74) is 2.16. The molecule has 82 valence electrons. The van der Waals surface area contributed by atoms with Crippen molar-refractivity contribution in [3.8, 4) is 5.75 Å². The number of nitrogens with one attached hydrogen (secondary N) is 1. The second-order valence-corrected chi connectivity index (χ2v) is 5.91. The summed E-state index contributed by atoms with van der Waals surface area (Å²) < 4.78 is 0.802. The highest BCUT2D eigenvalue weighted by atomic mass is 127. The van der Waals surface area contributed by atoms with Crippen molar-refractivity contribution in [1.82, 2.24) is 0 Å². The molecule has 0 aliphatic rings. The fourth-order valence-electron chi connectivity index (χ4n) is 1.31. The van der Waals surface area contributed by atoms with E-state index in [-0.39, 0.29) is 5.41 Å². The van der Waals surface area contributed by atoms with Gasteiger partial charge in [-0.05, 0) is 52.8 Å². The molecule has 1 aromatic carbocycles. The molecule has 1 aromatic rings. The first-order chi connectivity index (χ1) is 6.73. The molecule has 0 unspecified atom stereocenters. The maximum absolute atomic E-state index is 9.64. The number of halogens is 1. The Hall–Kier alpha value is -0.580. The quantitative estimate of drug-likeness (QED) is 0.602. The Bertz CT molecular complexity index is 382. The molecule has 0 heterocycles. The van der Waals surface area contributed by atoms with Crippen molar-refractivity contribution in [2.45, 2.75) is 27.7 Å². The second kappa shape index (κ2) is 4.12. The van der Waals surface area contributed by atoms with E-state index in [0.29, 0.717) is 11.5 Å². The number of phenols is 1. The monoisotopic (exact) mass is 317 g/mol. The van der Waals surface area contributed by atoms with Crippen LogP contribution in [0.25, 0.3) is 0 Å². The molecule has 0 radical (unpaired) electrons. The molecule has 0 bridgehead atoms. The maximum atomic E-state index is 9.64. The van der Waals surface area contributed by atoms with Crippen molar-refractivity contribution < 1.29 is 5.11 Å². The zero-order valence-corrected chi connectivity index (χ0v) is 11.6. The summed E-state index contributed by atoms with van der Waals surface area (Å²) in [5.74, 6) is 0.320. The molecular weight excluding hydrogens is 301 g/mol. The normalized spacial score (nSPS) is 11.5. The number of aromatic hydroxyl groups is 1. The molecule has 0 aliphatic carbocycles. The van der Waals surface area contributed by atoms with Crippen molar-refractivity contribution in [1.29, 1.82) is 5.41 Å². The molecule has 2 nitrogen and oxygen atoms in total. The summed E-state index contributed by atoms with van der Waals surface area (Å²) >= 11 is 2.09. The highest BCUT2D eigenvalue weighted by molar-refractivity contribution is 14.1. The molecule has 0 aromatic heterocycles. The Labute approximate surface area is 104 Å². The zero-order chi connectivity index (χ0) is 11.8. The summed E-state index contributed by atoms with van der Waals surface area (Å²) in [5, 5.41) is 17.7. The molecule has 0 atom stereocenters. The SMILES string of the molecule is Cc1cc(C(=N)C(C)(C)C)cc(I)c1O. The lowest BCUT2D eigenvalue weighted by Crippen LogP contribution is -2.20. The van der Waals surface area contributed by atoms with Crippen molar-refractivity contribution in [2.75, 3.05) is 0 Å². The van der Waals surface area contributed by atoms with Gasteiger partial charge in [0.1, 0.15) is 5.75 Å². The minimum absolute atomic E-state index is 0.160. The average molecular weight is 317 g/mol. The Kier molecular flexibility index (Phi) is 3.43. The third kappa shape index (κ3) is 2.71. The average Bonchev–Trinajstić information content (AvgIpc) is 2.10. The van der Waals surface area contributed by atoms with E-state index in [0.717, 1.165) is 14.7 Å². The van der Waals surface area contributed by atoms with Gasteiger partial charge in [-0.15, -0.1) is 0 Å². The van der Waals surface area contributed by atoms with Crippen molar-refractivity contribution in [3.63, 3.8) is 0 Å². The molecule has 0 fully saturated rings. The van der Waals surface area contributed by atoms with E-state index < -0.39 is 0 Å². The number of hydrogen-bond donors (Lipinski definition) is 2. The molecule has 3 heteroatoms. The molecule has 0 spiro atoms. The molecule has 2 N–H and O–H groups in total. The smallest absolute Gasteiger partial charge is 0.131 e. The largest absolute Gasteiger partial charge is 0.507 e. The Morgan fingerprint density at radius 2 is 1.87 bits per heavy atom. The third-order valence-electron chi connectivity index (χ3n) is 2.29. The van der Waals surface area contributed by atoms with Crippen LogP contribution >= 0.6 is 22.6 Å². The van der Waals surface area contributed by atoms with E-state index in [1.807, 2.05) is 39.8 Å². The second-order valence-electron chi connectivity index (χ2n) is 4.75. The van der Waals surface area contributed by atoms with Gasteiger partial charge < -0.3 is 10.5 Å². The van der Waals surface area contributed by atoms with E-state index in [1.165, 1.54) is 0 Å². The van der Waals surface area contributed by atoms with Crippen LogP contribution in [0.2, 0.25) is 0 Å². The fourth-order valence-corrected chi connectivity index (χ4v) is 2.07. The van der Waals surface area contributed by atoms with Gasteiger partial charge >= 0.3 is 0 Å². The van der Waals surface area contributed by atoms with E-state index >= 15 is 0 Å². The summed E-state index contributed by atoms with van der Waals surface area (Å²) in [4.78, 5) is 0. The predicted molar refractivity (Wildman–Crippen MR) is 71.8 cm³/mol. The third-order valence-corrected chi connectivity index (χ3v) is 3.11. The minimum atomic E-state index is -0.160. The van der Waals surface area contributed by atoms with Crippen molar-refractivity contribution in [2.24, 2.45) is 5.41 Å². The lowest BCUT2D eigenvalue weighted by atomic mass is 9.85. The zero-order valence-electron chi connectivity index (χ0n) is 9.48. The first-order valence-electron chi connectivity index (χ1n) is 4.82. The predicted octanol–water partition coefficient (Wildman–Crippen LogP) is 3.72. The van der Waals surface area contributed by atoms with Crippen LogP contribution in [0.15, 0.2) is 12.1 Å². The van der Waals surface area contributed by atoms with Gasteiger partial charge in [0.05, 0.1) is 3.57 Å². The van der Waals surface area contributed by atoms with Crippen LogP contribution in [0.1, 0.15) is 31.9 Å². The lowest BCUT2D eigenvalue weighted by molar-refractivity contribution is 0.467. The van der Waals surface area contributed by atoms with Gasteiger partial charge in [0.2, 0.25) is 0 Å². The van der Waals surface area contributed by atoms with Gasteiger partial charge in [-0.25, -0.2) is 0 Å². The van der Waals surface area contributed by atoms with Gasteiger partial charge in [-0.2, -0.15) is 0 Å². The summed E-state index contributed by atoms with van der Waals surface area (Å²) in [7, 11) is 0. The van der Waals surface area contributed by atoms with E-state index in [9.17, 15) is 5.11 Å². The molecule has 0 amide bonds. The minimum Gasteiger partial charge on any atom is -0.507 e. The van der Waals surface area contributed by atoms with Gasteiger partial charge in [0, 0.05) is 11.1 Å². The van der Waals surface area contributed by atoms with Crippen LogP contribution in [-0.2, 0) is 0 Å². The van der Waals surface area contributed by atoms with Gasteiger partial charge in [0.25, 0.3) is 0 Å². The van der Waals surface area contributed by atoms with E-state index in [2.05, 4.69) is 22.6 Å². The highest BCUT2D eigenvalue weighted by Crippen LogP contribution is 2.28. The van der Waals surface area contributed by atoms with Crippen molar-refractivity contribution in [3.05, 3.63) is 26.8 Å². The van der Waals surface area contributed by atoms with Crippen LogP contribution in [0.5, 0.6) is 5.75 Å². The topological polar surface area (TPSA) is 44.1 Å². The molecule has 0 saturated heterocycles. The fraction of sp³-hybridized carbons (Fsp3) is 0.417. The Balaban J connectivity index is 3.24. The summed E-state index contributed by atoms with van der Waals surface area (Å²) in [6, 6.07) is 3.72.